The molecular weight excluding hydrogens is 182 g/mol. The number of benzene rings is 1. The van der Waals surface area contributed by atoms with E-state index < -0.39 is 5.97 Å². The van der Waals surface area contributed by atoms with Gasteiger partial charge < -0.3 is 5.11 Å². The van der Waals surface area contributed by atoms with E-state index in [1.807, 2.05) is 0 Å². The number of aromatic carboxylic acids is 1. The highest BCUT2D eigenvalue weighted by Crippen LogP contribution is 2.20. The Balaban J connectivity index is 3.20. The van der Waals surface area contributed by atoms with Crippen molar-refractivity contribution >= 4 is 23.3 Å². The van der Waals surface area contributed by atoms with E-state index in [9.17, 15) is 4.79 Å². The lowest BCUT2D eigenvalue weighted by Crippen LogP contribution is -2.02. The molecule has 0 radical (unpaired) electrons. The van der Waals surface area contributed by atoms with Gasteiger partial charge in [0.15, 0.2) is 0 Å². The molecule has 0 spiro atoms. The molecule has 5 heteroatoms. The average molecular weight is 188 g/mol. The second-order valence-electron chi connectivity index (χ2n) is 2.11. The molecule has 1 rings (SSSR count). The smallest absolute Gasteiger partial charge is 0.337 e. The van der Waals surface area contributed by atoms with E-state index in [0.717, 1.165) is 0 Å². The third-order valence-electron chi connectivity index (χ3n) is 1.33. The minimum absolute atomic E-state index is 0.0260. The average Bonchev–Trinajstić information content (AvgIpc) is 2.03. The molecule has 0 saturated carbocycles. The Morgan fingerprint density at radius 3 is 2.67 bits per heavy atom. The molecule has 12 heavy (non-hydrogen) atoms. The lowest BCUT2D eigenvalue weighted by atomic mass is 10.2. The van der Waals surface area contributed by atoms with Crippen LogP contribution in [0.15, 0.2) is 18.2 Å². The van der Waals surface area contributed by atoms with Crippen LogP contribution in [0.5, 0.6) is 0 Å². The maximum Gasteiger partial charge on any atom is 0.337 e. The van der Waals surface area contributed by atoms with Gasteiger partial charge in [0.2, 0.25) is 0 Å². The first kappa shape index (κ1) is 8.83. The Kier molecular flexibility index (Phi) is 2.52. The Labute approximate surface area is 73.4 Å². The van der Waals surface area contributed by atoms with Gasteiger partial charge in [0.25, 0.3) is 0 Å². The second-order valence-corrected chi connectivity index (χ2v) is 2.54. The van der Waals surface area contributed by atoms with Crippen molar-refractivity contribution in [3.8, 4) is 0 Å². The summed E-state index contributed by atoms with van der Waals surface area (Å²) < 4.78 is 0. The molecular formula is C7H6ClNO3. The molecule has 0 unspecified atom stereocenters. The van der Waals surface area contributed by atoms with E-state index in [2.05, 4.69) is 0 Å². The fourth-order valence-corrected chi connectivity index (χ4v) is 0.968. The number of nitrogens with one attached hydrogen (secondary N) is 1. The zero-order valence-corrected chi connectivity index (χ0v) is 6.67. The SMILES string of the molecule is O=C(O)c1ccc(Cl)cc1NO. The van der Waals surface area contributed by atoms with Crippen molar-refractivity contribution in [2.45, 2.75) is 0 Å². The van der Waals surface area contributed by atoms with Gasteiger partial charge in [-0.2, -0.15) is 0 Å². The molecule has 0 fully saturated rings. The quantitative estimate of drug-likeness (QED) is 0.618. The van der Waals surface area contributed by atoms with E-state index in [4.69, 9.17) is 21.9 Å². The van der Waals surface area contributed by atoms with Crippen molar-refractivity contribution in [2.24, 2.45) is 0 Å². The zero-order chi connectivity index (χ0) is 9.14. The summed E-state index contributed by atoms with van der Waals surface area (Å²) in [6.45, 7) is 0. The highest BCUT2D eigenvalue weighted by atomic mass is 35.5. The van der Waals surface area contributed by atoms with Crippen LogP contribution >= 0.6 is 11.6 Å². The van der Waals surface area contributed by atoms with Crippen LogP contribution in [-0.2, 0) is 0 Å². The molecule has 0 amide bonds. The van der Waals surface area contributed by atoms with E-state index >= 15 is 0 Å². The van der Waals surface area contributed by atoms with Gasteiger partial charge in [-0.1, -0.05) is 11.6 Å². The van der Waals surface area contributed by atoms with Gasteiger partial charge in [-0.3, -0.25) is 10.7 Å². The summed E-state index contributed by atoms with van der Waals surface area (Å²) in [5.74, 6) is -1.12. The van der Waals surface area contributed by atoms with Gasteiger partial charge in [-0.05, 0) is 18.2 Å². The third kappa shape index (κ3) is 1.66. The van der Waals surface area contributed by atoms with Gasteiger partial charge >= 0.3 is 5.97 Å². The summed E-state index contributed by atoms with van der Waals surface area (Å²) in [7, 11) is 0. The maximum absolute atomic E-state index is 10.5. The van der Waals surface area contributed by atoms with E-state index in [1.165, 1.54) is 18.2 Å². The minimum Gasteiger partial charge on any atom is -0.478 e. The Hall–Kier alpha value is -1.26. The minimum atomic E-state index is -1.12. The van der Waals surface area contributed by atoms with Crippen LogP contribution in [0, 0.1) is 0 Å². The number of carboxylic acid groups (broad SMARTS) is 1. The highest BCUT2D eigenvalue weighted by molar-refractivity contribution is 6.31. The molecule has 64 valence electrons. The van der Waals surface area contributed by atoms with Crippen LogP contribution in [-0.4, -0.2) is 16.3 Å². The van der Waals surface area contributed by atoms with E-state index in [1.54, 1.807) is 5.48 Å². The Bertz CT molecular complexity index is 314. The van der Waals surface area contributed by atoms with Crippen molar-refractivity contribution < 1.29 is 15.1 Å². The van der Waals surface area contributed by atoms with Crippen molar-refractivity contribution in [2.75, 3.05) is 5.48 Å². The molecule has 0 aliphatic carbocycles. The molecule has 0 bridgehead atoms. The number of rotatable bonds is 2. The highest BCUT2D eigenvalue weighted by Gasteiger charge is 2.08. The first-order valence-electron chi connectivity index (χ1n) is 3.08. The lowest BCUT2D eigenvalue weighted by molar-refractivity contribution is 0.0697. The molecule has 0 aliphatic heterocycles. The van der Waals surface area contributed by atoms with Gasteiger partial charge in [-0.15, -0.1) is 0 Å². The van der Waals surface area contributed by atoms with Crippen LogP contribution in [0.25, 0.3) is 0 Å². The maximum atomic E-state index is 10.5. The number of anilines is 1. The fourth-order valence-electron chi connectivity index (χ4n) is 0.795. The second kappa shape index (κ2) is 3.42. The van der Waals surface area contributed by atoms with Gasteiger partial charge in [0.05, 0.1) is 11.3 Å². The van der Waals surface area contributed by atoms with Crippen LogP contribution < -0.4 is 5.48 Å². The largest absolute Gasteiger partial charge is 0.478 e. The summed E-state index contributed by atoms with van der Waals surface area (Å²) in [5, 5.41) is 17.5. The molecule has 1 aromatic carbocycles. The molecule has 4 nitrogen and oxygen atoms in total. The van der Waals surface area contributed by atoms with Crippen LogP contribution in [0.4, 0.5) is 5.69 Å². The Morgan fingerprint density at radius 2 is 2.17 bits per heavy atom. The zero-order valence-electron chi connectivity index (χ0n) is 5.91. The summed E-state index contributed by atoms with van der Waals surface area (Å²) in [4.78, 5) is 10.5. The summed E-state index contributed by atoms with van der Waals surface area (Å²) >= 11 is 5.56. The van der Waals surface area contributed by atoms with E-state index in [0.29, 0.717) is 5.02 Å². The van der Waals surface area contributed by atoms with Crippen LogP contribution in [0.2, 0.25) is 5.02 Å². The molecule has 0 atom stereocenters. The number of carboxylic acids is 1. The predicted octanol–water partition coefficient (Wildman–Crippen LogP) is 1.84. The van der Waals surface area contributed by atoms with Crippen molar-refractivity contribution in [3.63, 3.8) is 0 Å². The first-order valence-corrected chi connectivity index (χ1v) is 3.46. The van der Waals surface area contributed by atoms with Crippen molar-refractivity contribution in [1.82, 2.24) is 0 Å². The van der Waals surface area contributed by atoms with Crippen LogP contribution in [0.1, 0.15) is 10.4 Å². The third-order valence-corrected chi connectivity index (χ3v) is 1.57. The number of hydrogen-bond donors (Lipinski definition) is 3. The monoisotopic (exact) mass is 187 g/mol. The van der Waals surface area contributed by atoms with Crippen molar-refractivity contribution in [3.05, 3.63) is 28.8 Å². The topological polar surface area (TPSA) is 69.6 Å². The van der Waals surface area contributed by atoms with E-state index in [-0.39, 0.29) is 11.3 Å². The molecule has 0 saturated heterocycles. The molecule has 3 N–H and O–H groups in total. The summed E-state index contributed by atoms with van der Waals surface area (Å²) in [6.07, 6.45) is 0. The van der Waals surface area contributed by atoms with Gasteiger partial charge in [-0.25, -0.2) is 4.79 Å². The molecule has 1 aromatic rings. The van der Waals surface area contributed by atoms with Gasteiger partial charge in [0, 0.05) is 5.02 Å². The normalized spacial score (nSPS) is 9.50. The number of halogens is 1. The molecule has 0 aromatic heterocycles. The van der Waals surface area contributed by atoms with Crippen LogP contribution in [0.3, 0.4) is 0 Å². The summed E-state index contributed by atoms with van der Waals surface area (Å²) in [5.41, 5.74) is 1.81. The molecule has 0 heterocycles. The predicted molar refractivity (Wildman–Crippen MR) is 43.8 cm³/mol. The summed E-state index contributed by atoms with van der Waals surface area (Å²) in [6, 6.07) is 4.07. The Morgan fingerprint density at radius 1 is 1.50 bits per heavy atom. The number of carbonyl (C=O) groups is 1. The fraction of sp³-hybridized carbons (Fsp3) is 0. The van der Waals surface area contributed by atoms with Crippen molar-refractivity contribution in [1.29, 1.82) is 0 Å². The standard InChI is InChI=1S/C7H6ClNO3/c8-4-1-2-5(7(10)11)6(3-4)9-12/h1-3,9,12H,(H,10,11). The first-order chi connectivity index (χ1) is 5.65. The number of hydrogen-bond acceptors (Lipinski definition) is 3. The molecule has 0 aliphatic rings. The van der Waals surface area contributed by atoms with Gasteiger partial charge in [0.1, 0.15) is 0 Å². The lowest BCUT2D eigenvalue weighted by Gasteiger charge is -2.03.